The molecule has 4 aromatic rings. The monoisotopic (exact) mass is 320 g/mol. The molecule has 3 heterocycles. The standard InChI is InChI=1S/C18H13ClN4/c19-17-9-16(18-21-5-6-23(18)22-17)15-8-14(15)12-1-2-13-10-20-4-3-11(13)7-12/h1-7,9-10,14-15H,8H2/t14-,15+/m1/s1. The molecule has 1 fully saturated rings. The van der Waals surface area contributed by atoms with Crippen LogP contribution in [0.25, 0.3) is 16.4 Å². The first-order chi connectivity index (χ1) is 11.3. The summed E-state index contributed by atoms with van der Waals surface area (Å²) < 4.78 is 1.76. The van der Waals surface area contributed by atoms with Gasteiger partial charge in [-0.1, -0.05) is 29.8 Å². The van der Waals surface area contributed by atoms with Gasteiger partial charge in [0.05, 0.1) is 0 Å². The van der Waals surface area contributed by atoms with E-state index in [0.717, 1.165) is 12.1 Å². The summed E-state index contributed by atoms with van der Waals surface area (Å²) in [5.74, 6) is 0.978. The van der Waals surface area contributed by atoms with Gasteiger partial charge in [-0.3, -0.25) is 4.98 Å². The van der Waals surface area contributed by atoms with Gasteiger partial charge in [0.1, 0.15) is 5.15 Å². The summed E-state index contributed by atoms with van der Waals surface area (Å²) >= 11 is 6.16. The number of hydrogen-bond donors (Lipinski definition) is 0. The predicted molar refractivity (Wildman–Crippen MR) is 89.8 cm³/mol. The Labute approximate surface area is 137 Å². The van der Waals surface area contributed by atoms with E-state index in [1.807, 2.05) is 24.7 Å². The van der Waals surface area contributed by atoms with Gasteiger partial charge in [-0.25, -0.2) is 9.50 Å². The van der Waals surface area contributed by atoms with Crippen LogP contribution < -0.4 is 0 Å². The third kappa shape index (κ3) is 2.10. The Morgan fingerprint density at radius 3 is 2.96 bits per heavy atom. The highest BCUT2D eigenvalue weighted by atomic mass is 35.5. The molecule has 0 bridgehead atoms. The molecule has 5 heteroatoms. The SMILES string of the molecule is Clc1cc([C@H]2C[C@@H]2c2ccc3cnccc3c2)c2nccn2n1. The van der Waals surface area contributed by atoms with Crippen LogP contribution in [-0.4, -0.2) is 19.6 Å². The molecule has 1 saturated carbocycles. The molecule has 0 saturated heterocycles. The van der Waals surface area contributed by atoms with E-state index in [-0.39, 0.29) is 0 Å². The number of pyridine rings is 1. The van der Waals surface area contributed by atoms with Crippen LogP contribution in [-0.2, 0) is 0 Å². The second kappa shape index (κ2) is 4.77. The van der Waals surface area contributed by atoms with Crippen molar-refractivity contribution in [1.82, 2.24) is 19.6 Å². The van der Waals surface area contributed by atoms with Gasteiger partial charge in [0, 0.05) is 35.7 Å². The van der Waals surface area contributed by atoms with Crippen molar-refractivity contribution in [2.75, 3.05) is 0 Å². The maximum absolute atomic E-state index is 6.16. The highest BCUT2D eigenvalue weighted by molar-refractivity contribution is 6.29. The van der Waals surface area contributed by atoms with Crippen molar-refractivity contribution in [3.05, 3.63) is 71.4 Å². The van der Waals surface area contributed by atoms with Crippen LogP contribution in [0.3, 0.4) is 0 Å². The van der Waals surface area contributed by atoms with Crippen LogP contribution in [0.1, 0.15) is 29.4 Å². The van der Waals surface area contributed by atoms with E-state index < -0.39 is 0 Å². The quantitative estimate of drug-likeness (QED) is 0.556. The normalized spacial score (nSPS) is 20.2. The van der Waals surface area contributed by atoms with Gasteiger partial charge in [-0.15, -0.1) is 0 Å². The zero-order valence-corrected chi connectivity index (χ0v) is 13.0. The molecule has 1 aliphatic carbocycles. The Morgan fingerprint density at radius 2 is 2.00 bits per heavy atom. The lowest BCUT2D eigenvalue weighted by Crippen LogP contribution is -1.96. The van der Waals surface area contributed by atoms with Crippen molar-refractivity contribution in [2.45, 2.75) is 18.3 Å². The van der Waals surface area contributed by atoms with Crippen LogP contribution in [0.2, 0.25) is 5.15 Å². The van der Waals surface area contributed by atoms with E-state index in [9.17, 15) is 0 Å². The van der Waals surface area contributed by atoms with Crippen molar-refractivity contribution in [3.8, 4) is 0 Å². The van der Waals surface area contributed by atoms with Gasteiger partial charge < -0.3 is 0 Å². The molecule has 0 spiro atoms. The largest absolute Gasteiger partial charge is 0.264 e. The summed E-state index contributed by atoms with van der Waals surface area (Å²) in [6.45, 7) is 0. The van der Waals surface area contributed by atoms with E-state index in [1.165, 1.54) is 21.9 Å². The molecule has 1 aliphatic rings. The second-order valence-corrected chi connectivity index (χ2v) is 6.44. The average Bonchev–Trinajstić information content (AvgIpc) is 3.23. The van der Waals surface area contributed by atoms with Gasteiger partial charge >= 0.3 is 0 Å². The molecule has 0 N–H and O–H groups in total. The Bertz CT molecular complexity index is 1040. The van der Waals surface area contributed by atoms with Crippen LogP contribution >= 0.6 is 11.6 Å². The fourth-order valence-electron chi connectivity index (χ4n) is 3.42. The molecule has 5 rings (SSSR count). The second-order valence-electron chi connectivity index (χ2n) is 6.05. The number of nitrogens with zero attached hydrogens (tertiary/aromatic N) is 4. The van der Waals surface area contributed by atoms with Crippen molar-refractivity contribution < 1.29 is 0 Å². The van der Waals surface area contributed by atoms with Crippen molar-refractivity contribution >= 4 is 28.0 Å². The summed E-state index contributed by atoms with van der Waals surface area (Å²) in [4.78, 5) is 8.60. The molecule has 3 aromatic heterocycles. The number of benzene rings is 1. The van der Waals surface area contributed by atoms with Gasteiger partial charge in [0.2, 0.25) is 0 Å². The Morgan fingerprint density at radius 1 is 1.04 bits per heavy atom. The Hall–Kier alpha value is -2.46. The average molecular weight is 321 g/mol. The third-order valence-electron chi connectivity index (χ3n) is 4.64. The fraction of sp³-hybridized carbons (Fsp3) is 0.167. The lowest BCUT2D eigenvalue weighted by atomic mass is 10.0. The van der Waals surface area contributed by atoms with Gasteiger partial charge in [0.15, 0.2) is 5.65 Å². The number of halogens is 1. The van der Waals surface area contributed by atoms with E-state index >= 15 is 0 Å². The van der Waals surface area contributed by atoms with E-state index in [4.69, 9.17) is 11.6 Å². The molecule has 112 valence electrons. The summed E-state index contributed by atoms with van der Waals surface area (Å²) in [5.41, 5.74) is 3.47. The number of rotatable bonds is 2. The summed E-state index contributed by atoms with van der Waals surface area (Å²) in [6.07, 6.45) is 8.47. The van der Waals surface area contributed by atoms with Crippen LogP contribution in [0.4, 0.5) is 0 Å². The summed E-state index contributed by atoms with van der Waals surface area (Å²) in [7, 11) is 0. The van der Waals surface area contributed by atoms with Crippen molar-refractivity contribution in [3.63, 3.8) is 0 Å². The first kappa shape index (κ1) is 13.0. The molecule has 23 heavy (non-hydrogen) atoms. The smallest absolute Gasteiger partial charge is 0.157 e. The molecule has 0 amide bonds. The minimum Gasteiger partial charge on any atom is -0.264 e. The zero-order valence-electron chi connectivity index (χ0n) is 12.2. The van der Waals surface area contributed by atoms with E-state index in [2.05, 4.69) is 39.3 Å². The first-order valence-electron chi connectivity index (χ1n) is 7.63. The van der Waals surface area contributed by atoms with Gasteiger partial charge in [-0.2, -0.15) is 5.10 Å². The Kier molecular flexibility index (Phi) is 2.70. The summed E-state index contributed by atoms with van der Waals surface area (Å²) in [5, 5.41) is 7.19. The fourth-order valence-corrected chi connectivity index (χ4v) is 3.62. The highest BCUT2D eigenvalue weighted by Crippen LogP contribution is 2.55. The maximum atomic E-state index is 6.16. The molecular weight excluding hydrogens is 308 g/mol. The minimum atomic E-state index is 0.458. The third-order valence-corrected chi connectivity index (χ3v) is 4.83. The lowest BCUT2D eigenvalue weighted by Gasteiger charge is -2.05. The zero-order chi connectivity index (χ0) is 15.4. The molecule has 0 unspecified atom stereocenters. The molecular formula is C18H13ClN4. The number of hydrogen-bond acceptors (Lipinski definition) is 3. The van der Waals surface area contributed by atoms with Crippen LogP contribution in [0.5, 0.6) is 0 Å². The molecule has 1 aromatic carbocycles. The number of aromatic nitrogens is 4. The van der Waals surface area contributed by atoms with Crippen LogP contribution in [0.15, 0.2) is 55.1 Å². The van der Waals surface area contributed by atoms with Crippen LogP contribution in [0, 0.1) is 0 Å². The predicted octanol–water partition coefficient (Wildman–Crippen LogP) is 4.20. The molecule has 0 radical (unpaired) electrons. The topological polar surface area (TPSA) is 43.1 Å². The maximum Gasteiger partial charge on any atom is 0.157 e. The molecule has 2 atom stereocenters. The van der Waals surface area contributed by atoms with Crippen molar-refractivity contribution in [1.29, 1.82) is 0 Å². The molecule has 4 nitrogen and oxygen atoms in total. The number of fused-ring (bicyclic) bond motifs is 2. The van der Waals surface area contributed by atoms with Gasteiger partial charge in [0.25, 0.3) is 0 Å². The lowest BCUT2D eigenvalue weighted by molar-refractivity contribution is 0.906. The van der Waals surface area contributed by atoms with E-state index in [0.29, 0.717) is 17.0 Å². The summed E-state index contributed by atoms with van der Waals surface area (Å²) in [6, 6.07) is 10.6. The Balaban J connectivity index is 1.55. The number of imidazole rings is 1. The highest BCUT2D eigenvalue weighted by Gasteiger charge is 2.41. The minimum absolute atomic E-state index is 0.458. The molecule has 0 aliphatic heterocycles. The first-order valence-corrected chi connectivity index (χ1v) is 8.01. The van der Waals surface area contributed by atoms with E-state index in [1.54, 1.807) is 10.7 Å². The van der Waals surface area contributed by atoms with Crippen molar-refractivity contribution in [2.24, 2.45) is 0 Å². The van der Waals surface area contributed by atoms with Gasteiger partial charge in [-0.05, 0) is 41.3 Å².